The molecule has 2 fully saturated rings. The number of para-hydroxylation sites is 1. The molecule has 2 aliphatic rings. The van der Waals surface area contributed by atoms with Crippen molar-refractivity contribution >= 4 is 26.6 Å². The number of fused-ring (bicyclic) bond motifs is 1. The molecule has 6 nitrogen and oxygen atoms in total. The summed E-state index contributed by atoms with van der Waals surface area (Å²) in [5.74, 6) is 0.616. The summed E-state index contributed by atoms with van der Waals surface area (Å²) in [6, 6.07) is 9.47. The second kappa shape index (κ2) is 8.03. The van der Waals surface area contributed by atoms with Crippen molar-refractivity contribution in [3.8, 4) is 0 Å². The third-order valence-electron chi connectivity index (χ3n) is 5.88. The van der Waals surface area contributed by atoms with Gasteiger partial charge in [0.1, 0.15) is 0 Å². The third kappa shape index (κ3) is 4.61. The molecule has 2 aromatic rings. The van der Waals surface area contributed by atoms with E-state index in [0.29, 0.717) is 24.4 Å². The Morgan fingerprint density at radius 2 is 1.90 bits per heavy atom. The first kappa shape index (κ1) is 20.3. The van der Waals surface area contributed by atoms with Crippen LogP contribution in [0.3, 0.4) is 0 Å². The second-order valence-corrected chi connectivity index (χ2v) is 10.8. The molecule has 0 bridgehead atoms. The summed E-state index contributed by atoms with van der Waals surface area (Å²) in [5.41, 5.74) is 2.48. The summed E-state index contributed by atoms with van der Waals surface area (Å²) in [6.07, 6.45) is 3.57. The molecule has 0 radical (unpaired) electrons. The smallest absolute Gasteiger partial charge is 0.254 e. The van der Waals surface area contributed by atoms with Crippen molar-refractivity contribution in [2.45, 2.75) is 37.6 Å². The van der Waals surface area contributed by atoms with Crippen molar-refractivity contribution in [2.75, 3.05) is 38.7 Å². The number of amides is 1. The molecular formula is C22H29N3O3S. The van der Waals surface area contributed by atoms with Gasteiger partial charge < -0.3 is 9.80 Å². The highest BCUT2D eigenvalue weighted by molar-refractivity contribution is 7.91. The fourth-order valence-corrected chi connectivity index (χ4v) is 5.87. The molecule has 2 heterocycles. The van der Waals surface area contributed by atoms with Gasteiger partial charge in [-0.25, -0.2) is 8.42 Å². The largest absolute Gasteiger partial charge is 0.335 e. The van der Waals surface area contributed by atoms with Gasteiger partial charge in [-0.05, 0) is 58.5 Å². The van der Waals surface area contributed by atoms with Gasteiger partial charge in [0, 0.05) is 29.6 Å². The topological polar surface area (TPSA) is 70.6 Å². The molecule has 29 heavy (non-hydrogen) atoms. The Bertz CT molecular complexity index is 1020. The van der Waals surface area contributed by atoms with Gasteiger partial charge in [0.2, 0.25) is 0 Å². The summed E-state index contributed by atoms with van der Waals surface area (Å²) in [5, 5.41) is 0.848. The summed E-state index contributed by atoms with van der Waals surface area (Å²) in [7, 11) is 0.941. The van der Waals surface area contributed by atoms with Crippen LogP contribution in [0.4, 0.5) is 0 Å². The van der Waals surface area contributed by atoms with Crippen molar-refractivity contribution in [3.05, 3.63) is 41.6 Å². The lowest BCUT2D eigenvalue weighted by atomic mass is 10.0. The molecule has 7 heteroatoms. The molecule has 0 N–H and O–H groups in total. The maximum atomic E-state index is 13.7. The van der Waals surface area contributed by atoms with Gasteiger partial charge in [-0.15, -0.1) is 0 Å². The molecule has 1 unspecified atom stereocenters. The quantitative estimate of drug-likeness (QED) is 0.695. The first-order valence-corrected chi connectivity index (χ1v) is 12.2. The van der Waals surface area contributed by atoms with Crippen molar-refractivity contribution < 1.29 is 13.2 Å². The maximum absolute atomic E-state index is 13.7. The Kier molecular flexibility index (Phi) is 5.62. The number of carbonyl (C=O) groups is 1. The van der Waals surface area contributed by atoms with Crippen LogP contribution in [0.1, 0.15) is 47.7 Å². The minimum absolute atomic E-state index is 0.0636. The first-order chi connectivity index (χ1) is 13.8. The normalized spacial score (nSPS) is 21.0. The lowest BCUT2D eigenvalue weighted by Gasteiger charge is -2.29. The average Bonchev–Trinajstić information content (AvgIpc) is 3.47. The monoisotopic (exact) mass is 415 g/mol. The van der Waals surface area contributed by atoms with Crippen molar-refractivity contribution in [2.24, 2.45) is 0 Å². The van der Waals surface area contributed by atoms with Crippen LogP contribution in [0, 0.1) is 0 Å². The van der Waals surface area contributed by atoms with Crippen molar-refractivity contribution in [1.29, 1.82) is 0 Å². The summed E-state index contributed by atoms with van der Waals surface area (Å²) < 4.78 is 24.2. The minimum atomic E-state index is -3.07. The van der Waals surface area contributed by atoms with Crippen LogP contribution in [0.15, 0.2) is 30.3 Å². The molecule has 1 saturated heterocycles. The van der Waals surface area contributed by atoms with E-state index in [-0.39, 0.29) is 23.5 Å². The molecule has 1 aromatic heterocycles. The zero-order chi connectivity index (χ0) is 20.6. The van der Waals surface area contributed by atoms with Gasteiger partial charge >= 0.3 is 0 Å². The molecule has 156 valence electrons. The third-order valence-corrected chi connectivity index (χ3v) is 7.63. The van der Waals surface area contributed by atoms with Crippen molar-refractivity contribution in [1.82, 2.24) is 14.8 Å². The summed E-state index contributed by atoms with van der Waals surface area (Å²) in [4.78, 5) is 22.4. The number of sulfone groups is 1. The number of aromatic nitrogens is 1. The Labute approximate surface area is 172 Å². The fraction of sp³-hybridized carbons (Fsp3) is 0.545. The number of benzene rings is 1. The SMILES string of the molecule is CN(C)CCCN(C(=O)c1cc(C2CC2)nc2ccccc12)C1CCS(=O)(=O)C1. The van der Waals surface area contributed by atoms with E-state index in [1.165, 1.54) is 0 Å². The van der Waals surface area contributed by atoms with E-state index in [9.17, 15) is 13.2 Å². The Hall–Kier alpha value is -1.99. The van der Waals surface area contributed by atoms with Crippen LogP contribution < -0.4 is 0 Å². The number of hydrogen-bond acceptors (Lipinski definition) is 5. The van der Waals surface area contributed by atoms with Gasteiger partial charge in [-0.1, -0.05) is 18.2 Å². The predicted molar refractivity (Wildman–Crippen MR) is 115 cm³/mol. The number of carbonyl (C=O) groups excluding carboxylic acids is 1. The van der Waals surface area contributed by atoms with Crippen LogP contribution in [-0.4, -0.2) is 73.8 Å². The molecule has 1 amide bonds. The van der Waals surface area contributed by atoms with Crippen LogP contribution >= 0.6 is 0 Å². The molecule has 1 aromatic carbocycles. The standard InChI is InChI=1S/C22H29N3O3S/c1-24(2)11-5-12-25(17-10-13-29(27,28)15-17)22(26)19-14-21(16-8-9-16)23-20-7-4-3-6-18(19)20/h3-4,6-7,14,16-17H,5,8-13,15H2,1-2H3. The van der Waals surface area contributed by atoms with Crippen LogP contribution in [0.25, 0.3) is 10.9 Å². The zero-order valence-electron chi connectivity index (χ0n) is 17.2. The van der Waals surface area contributed by atoms with Gasteiger partial charge in [0.05, 0.1) is 22.6 Å². The Morgan fingerprint density at radius 1 is 1.14 bits per heavy atom. The second-order valence-electron chi connectivity index (χ2n) is 8.60. The molecule has 1 saturated carbocycles. The molecule has 1 aliphatic carbocycles. The van der Waals surface area contributed by atoms with Gasteiger partial charge in [0.25, 0.3) is 5.91 Å². The molecular weight excluding hydrogens is 386 g/mol. The Morgan fingerprint density at radius 3 is 2.55 bits per heavy atom. The summed E-state index contributed by atoms with van der Waals surface area (Å²) >= 11 is 0. The van der Waals surface area contributed by atoms with Gasteiger partial charge in [-0.2, -0.15) is 0 Å². The molecule has 1 aliphatic heterocycles. The van der Waals surface area contributed by atoms with E-state index in [2.05, 4.69) is 4.90 Å². The molecule has 1 atom stereocenters. The van der Waals surface area contributed by atoms with Crippen molar-refractivity contribution in [3.63, 3.8) is 0 Å². The Balaban J connectivity index is 1.69. The van der Waals surface area contributed by atoms with E-state index >= 15 is 0 Å². The van der Waals surface area contributed by atoms with Crippen LogP contribution in [0.2, 0.25) is 0 Å². The lowest BCUT2D eigenvalue weighted by molar-refractivity contribution is 0.0692. The predicted octanol–water partition coefficient (Wildman–Crippen LogP) is 2.69. The average molecular weight is 416 g/mol. The van der Waals surface area contributed by atoms with E-state index in [0.717, 1.165) is 42.4 Å². The van der Waals surface area contributed by atoms with E-state index in [1.807, 2.05) is 49.3 Å². The zero-order valence-corrected chi connectivity index (χ0v) is 18.0. The lowest BCUT2D eigenvalue weighted by Crippen LogP contribution is -2.42. The van der Waals surface area contributed by atoms with E-state index in [4.69, 9.17) is 4.98 Å². The van der Waals surface area contributed by atoms with E-state index < -0.39 is 9.84 Å². The number of pyridine rings is 1. The van der Waals surface area contributed by atoms with Crippen LogP contribution in [0.5, 0.6) is 0 Å². The highest BCUT2D eigenvalue weighted by Gasteiger charge is 2.36. The number of hydrogen-bond donors (Lipinski definition) is 0. The molecule has 4 rings (SSSR count). The number of rotatable bonds is 7. The fourth-order valence-electron chi connectivity index (χ4n) is 4.14. The maximum Gasteiger partial charge on any atom is 0.254 e. The number of nitrogens with zero attached hydrogens (tertiary/aromatic N) is 3. The van der Waals surface area contributed by atoms with Gasteiger partial charge in [0.15, 0.2) is 9.84 Å². The van der Waals surface area contributed by atoms with Crippen LogP contribution in [-0.2, 0) is 9.84 Å². The van der Waals surface area contributed by atoms with E-state index in [1.54, 1.807) is 0 Å². The first-order valence-electron chi connectivity index (χ1n) is 10.4. The summed E-state index contributed by atoms with van der Waals surface area (Å²) in [6.45, 7) is 1.42. The molecule has 0 spiro atoms. The highest BCUT2D eigenvalue weighted by atomic mass is 32.2. The van der Waals surface area contributed by atoms with Gasteiger partial charge in [-0.3, -0.25) is 9.78 Å². The minimum Gasteiger partial charge on any atom is -0.335 e. The highest BCUT2D eigenvalue weighted by Crippen LogP contribution is 2.40.